The highest BCUT2D eigenvalue weighted by molar-refractivity contribution is 5.99. The monoisotopic (exact) mass is 379 g/mol. The first-order chi connectivity index (χ1) is 13.7. The van der Waals surface area contributed by atoms with Gasteiger partial charge in [0, 0.05) is 31.4 Å². The summed E-state index contributed by atoms with van der Waals surface area (Å²) in [5.74, 6) is 1.79. The van der Waals surface area contributed by atoms with E-state index < -0.39 is 0 Å². The van der Waals surface area contributed by atoms with Crippen LogP contribution in [0.15, 0.2) is 36.8 Å². The van der Waals surface area contributed by atoms with E-state index in [1.54, 1.807) is 11.1 Å². The molecule has 0 unspecified atom stereocenters. The van der Waals surface area contributed by atoms with Crippen LogP contribution in [0.4, 0.5) is 11.6 Å². The number of fused-ring (bicyclic) bond motifs is 1. The quantitative estimate of drug-likeness (QED) is 0.702. The number of benzene rings is 1. The summed E-state index contributed by atoms with van der Waals surface area (Å²) in [6.07, 6.45) is 5.68. The SMILES string of the molecule is C1CCOC1.CN1CC(=O)Nc2ncc(-c3ccc(-c4ncn[nH]4)cc3)nc21. The number of hydrogen-bond acceptors (Lipinski definition) is 7. The van der Waals surface area contributed by atoms with Gasteiger partial charge in [0.05, 0.1) is 18.4 Å². The Labute approximate surface area is 162 Å². The number of likely N-dealkylation sites (N-methyl/N-ethyl adjacent to an activating group) is 1. The van der Waals surface area contributed by atoms with Crippen LogP contribution in [0.2, 0.25) is 0 Å². The minimum atomic E-state index is -0.0848. The summed E-state index contributed by atoms with van der Waals surface area (Å²) >= 11 is 0. The Morgan fingerprint density at radius 2 is 1.82 bits per heavy atom. The smallest absolute Gasteiger partial charge is 0.245 e. The van der Waals surface area contributed by atoms with E-state index in [1.807, 2.05) is 31.3 Å². The van der Waals surface area contributed by atoms with Crippen LogP contribution < -0.4 is 10.2 Å². The summed E-state index contributed by atoms with van der Waals surface area (Å²) in [6, 6.07) is 7.80. The summed E-state index contributed by atoms with van der Waals surface area (Å²) in [5, 5.41) is 9.39. The third-order valence-electron chi connectivity index (χ3n) is 4.45. The van der Waals surface area contributed by atoms with Crippen LogP contribution in [0.5, 0.6) is 0 Å². The van der Waals surface area contributed by atoms with E-state index in [1.165, 1.54) is 19.2 Å². The van der Waals surface area contributed by atoms with Gasteiger partial charge in [0.2, 0.25) is 5.91 Å². The Morgan fingerprint density at radius 3 is 2.46 bits per heavy atom. The molecule has 1 saturated heterocycles. The van der Waals surface area contributed by atoms with Crippen LogP contribution in [0.3, 0.4) is 0 Å². The molecule has 3 aromatic rings. The Bertz CT molecular complexity index is 930. The minimum Gasteiger partial charge on any atom is -0.381 e. The lowest BCUT2D eigenvalue weighted by Gasteiger charge is -2.25. The van der Waals surface area contributed by atoms with Crippen molar-refractivity contribution >= 4 is 17.5 Å². The zero-order valence-corrected chi connectivity index (χ0v) is 15.6. The topological polar surface area (TPSA) is 109 Å². The largest absolute Gasteiger partial charge is 0.381 e. The second kappa shape index (κ2) is 8.13. The van der Waals surface area contributed by atoms with Gasteiger partial charge in [-0.3, -0.25) is 9.89 Å². The molecule has 9 heteroatoms. The second-order valence-electron chi connectivity index (χ2n) is 6.56. The molecule has 28 heavy (non-hydrogen) atoms. The van der Waals surface area contributed by atoms with Gasteiger partial charge < -0.3 is 15.0 Å². The fourth-order valence-corrected chi connectivity index (χ4v) is 2.99. The normalized spacial score (nSPS) is 15.5. The number of anilines is 2. The van der Waals surface area contributed by atoms with E-state index in [4.69, 9.17) is 4.74 Å². The van der Waals surface area contributed by atoms with Crippen molar-refractivity contribution in [2.45, 2.75) is 12.8 Å². The van der Waals surface area contributed by atoms with Gasteiger partial charge in [0.25, 0.3) is 0 Å². The standard InChI is InChI=1S/C15H13N7O.C4H8O/c1-22-7-12(23)20-14-15(22)19-11(6-16-14)9-2-4-10(5-3-9)13-17-8-18-21-13;1-2-4-5-3-1/h2-6,8H,7H2,1H3,(H,16,20,23)(H,17,18,21);1-4H2. The van der Waals surface area contributed by atoms with Crippen molar-refractivity contribution in [2.75, 3.05) is 37.0 Å². The predicted octanol–water partition coefficient (Wildman–Crippen LogP) is 2.11. The number of amides is 1. The maximum Gasteiger partial charge on any atom is 0.245 e. The molecule has 4 heterocycles. The lowest BCUT2D eigenvalue weighted by atomic mass is 10.1. The third kappa shape index (κ3) is 3.99. The third-order valence-corrected chi connectivity index (χ3v) is 4.45. The number of nitrogens with zero attached hydrogens (tertiary/aromatic N) is 5. The minimum absolute atomic E-state index is 0.0848. The van der Waals surface area contributed by atoms with E-state index in [0.717, 1.165) is 35.9 Å². The summed E-state index contributed by atoms with van der Waals surface area (Å²) in [4.78, 5) is 26.3. The van der Waals surface area contributed by atoms with Gasteiger partial charge in [-0.05, 0) is 12.8 Å². The molecular formula is C19H21N7O2. The number of aromatic amines is 1. The van der Waals surface area contributed by atoms with E-state index in [0.29, 0.717) is 11.6 Å². The number of rotatable bonds is 2. The van der Waals surface area contributed by atoms with Crippen molar-refractivity contribution in [3.63, 3.8) is 0 Å². The van der Waals surface area contributed by atoms with Gasteiger partial charge in [0.1, 0.15) is 6.33 Å². The molecule has 144 valence electrons. The summed E-state index contributed by atoms with van der Waals surface area (Å²) < 4.78 is 4.94. The molecule has 0 atom stereocenters. The number of H-pyrrole nitrogens is 1. The van der Waals surface area contributed by atoms with Crippen LogP contribution in [0.1, 0.15) is 12.8 Å². The summed E-state index contributed by atoms with van der Waals surface area (Å²) in [6.45, 7) is 2.27. The molecule has 5 rings (SSSR count). The van der Waals surface area contributed by atoms with Crippen molar-refractivity contribution in [3.05, 3.63) is 36.8 Å². The second-order valence-corrected chi connectivity index (χ2v) is 6.56. The lowest BCUT2D eigenvalue weighted by molar-refractivity contribution is -0.115. The van der Waals surface area contributed by atoms with Gasteiger partial charge in [-0.1, -0.05) is 24.3 Å². The van der Waals surface area contributed by atoms with Gasteiger partial charge in [-0.25, -0.2) is 15.0 Å². The first-order valence-corrected chi connectivity index (χ1v) is 9.12. The molecule has 1 fully saturated rings. The highest BCUT2D eigenvalue weighted by Crippen LogP contribution is 2.28. The van der Waals surface area contributed by atoms with Crippen LogP contribution in [-0.4, -0.2) is 57.9 Å². The molecule has 2 aliphatic rings. The van der Waals surface area contributed by atoms with Crippen LogP contribution in [0, 0.1) is 0 Å². The highest BCUT2D eigenvalue weighted by Gasteiger charge is 2.22. The van der Waals surface area contributed by atoms with E-state index >= 15 is 0 Å². The summed E-state index contributed by atoms with van der Waals surface area (Å²) in [5.41, 5.74) is 2.63. The first kappa shape index (κ1) is 18.1. The number of carbonyl (C=O) groups excluding carboxylic acids is 1. The van der Waals surface area contributed by atoms with Crippen LogP contribution >= 0.6 is 0 Å². The van der Waals surface area contributed by atoms with Gasteiger partial charge in [-0.15, -0.1) is 0 Å². The zero-order chi connectivity index (χ0) is 19.3. The Morgan fingerprint density at radius 1 is 1.07 bits per heavy atom. The zero-order valence-electron chi connectivity index (χ0n) is 15.6. The molecule has 1 amide bonds. The molecule has 2 aliphatic heterocycles. The van der Waals surface area contributed by atoms with Crippen molar-refractivity contribution in [3.8, 4) is 22.6 Å². The molecule has 0 bridgehead atoms. The maximum atomic E-state index is 11.5. The molecule has 0 radical (unpaired) electrons. The average molecular weight is 379 g/mol. The fourth-order valence-electron chi connectivity index (χ4n) is 2.99. The number of aromatic nitrogens is 5. The number of nitrogens with one attached hydrogen (secondary N) is 2. The highest BCUT2D eigenvalue weighted by atomic mass is 16.5. The number of hydrogen-bond donors (Lipinski definition) is 2. The van der Waals surface area contributed by atoms with Crippen molar-refractivity contribution < 1.29 is 9.53 Å². The van der Waals surface area contributed by atoms with Crippen molar-refractivity contribution in [1.82, 2.24) is 25.1 Å². The van der Waals surface area contributed by atoms with E-state index in [2.05, 4.69) is 30.5 Å². The maximum absolute atomic E-state index is 11.5. The van der Waals surface area contributed by atoms with Gasteiger partial charge in [-0.2, -0.15) is 5.10 Å². The molecule has 2 N–H and O–H groups in total. The summed E-state index contributed by atoms with van der Waals surface area (Å²) in [7, 11) is 1.82. The lowest BCUT2D eigenvalue weighted by Crippen LogP contribution is -2.36. The molecular weight excluding hydrogens is 358 g/mol. The first-order valence-electron chi connectivity index (χ1n) is 9.12. The number of ether oxygens (including phenoxy) is 1. The molecule has 0 saturated carbocycles. The van der Waals surface area contributed by atoms with Gasteiger partial charge >= 0.3 is 0 Å². The Kier molecular flexibility index (Phi) is 5.24. The molecule has 9 nitrogen and oxygen atoms in total. The van der Waals surface area contributed by atoms with Crippen molar-refractivity contribution in [2.24, 2.45) is 0 Å². The molecule has 0 spiro atoms. The predicted molar refractivity (Wildman–Crippen MR) is 105 cm³/mol. The molecule has 0 aliphatic carbocycles. The van der Waals surface area contributed by atoms with Crippen LogP contribution in [0.25, 0.3) is 22.6 Å². The Hall–Kier alpha value is -3.33. The molecule has 1 aromatic carbocycles. The average Bonchev–Trinajstić information content (AvgIpc) is 3.44. The van der Waals surface area contributed by atoms with Crippen molar-refractivity contribution in [1.29, 1.82) is 0 Å². The fraction of sp³-hybridized carbons (Fsp3) is 0.316. The molecule has 2 aromatic heterocycles. The van der Waals surface area contributed by atoms with Gasteiger partial charge in [0.15, 0.2) is 17.5 Å². The Balaban J connectivity index is 0.000000336. The van der Waals surface area contributed by atoms with Crippen LogP contribution in [-0.2, 0) is 9.53 Å². The van der Waals surface area contributed by atoms with E-state index in [-0.39, 0.29) is 12.5 Å². The van der Waals surface area contributed by atoms with E-state index in [9.17, 15) is 4.79 Å². The number of carbonyl (C=O) groups is 1.